The van der Waals surface area contributed by atoms with E-state index in [9.17, 15) is 4.79 Å². The molecule has 1 aromatic heterocycles. The lowest BCUT2D eigenvalue weighted by Gasteiger charge is -2.22. The summed E-state index contributed by atoms with van der Waals surface area (Å²) in [5.74, 6) is -0.703. The van der Waals surface area contributed by atoms with Crippen molar-refractivity contribution < 1.29 is 9.90 Å². The van der Waals surface area contributed by atoms with E-state index in [1.807, 2.05) is 17.1 Å². The van der Waals surface area contributed by atoms with Gasteiger partial charge in [-0.25, -0.2) is 0 Å². The Kier molecular flexibility index (Phi) is 3.78. The summed E-state index contributed by atoms with van der Waals surface area (Å²) in [6.45, 7) is 4.74. The zero-order valence-electron chi connectivity index (χ0n) is 10.2. The largest absolute Gasteiger partial charge is 0.481 e. The van der Waals surface area contributed by atoms with Crippen LogP contribution in [0.1, 0.15) is 31.7 Å². The summed E-state index contributed by atoms with van der Waals surface area (Å²) in [5.41, 5.74) is 1.17. The Bertz CT molecular complexity index is 389. The predicted molar refractivity (Wildman–Crippen MR) is 63.6 cm³/mol. The van der Waals surface area contributed by atoms with Crippen molar-refractivity contribution in [2.24, 2.45) is 0 Å². The topological polar surface area (TPSA) is 58.4 Å². The van der Waals surface area contributed by atoms with Crippen LogP contribution in [0.5, 0.6) is 0 Å². The lowest BCUT2D eigenvalue weighted by molar-refractivity contribution is -0.138. The number of likely N-dealkylation sites (tertiary alicyclic amines) is 1. The Labute approximate surface area is 101 Å². The van der Waals surface area contributed by atoms with Crippen LogP contribution in [0.15, 0.2) is 12.4 Å². The zero-order valence-corrected chi connectivity index (χ0v) is 10.2. The minimum atomic E-state index is -0.703. The van der Waals surface area contributed by atoms with Gasteiger partial charge in [-0.1, -0.05) is 0 Å². The molecule has 1 N–H and O–H groups in total. The molecule has 94 valence electrons. The van der Waals surface area contributed by atoms with E-state index in [-0.39, 0.29) is 12.5 Å². The first-order valence-electron chi connectivity index (χ1n) is 6.16. The normalized spacial score (nSPS) is 20.9. The van der Waals surface area contributed by atoms with Gasteiger partial charge in [0.05, 0.1) is 12.6 Å². The van der Waals surface area contributed by atoms with Crippen LogP contribution in [0.25, 0.3) is 0 Å². The Morgan fingerprint density at radius 1 is 1.65 bits per heavy atom. The van der Waals surface area contributed by atoms with Crippen LogP contribution >= 0.6 is 0 Å². The van der Waals surface area contributed by atoms with Gasteiger partial charge in [-0.05, 0) is 26.3 Å². The number of aryl methyl sites for hydroxylation is 1. The number of rotatable bonds is 5. The number of aliphatic carboxylic acids is 1. The molecule has 0 aliphatic carbocycles. The molecular weight excluding hydrogens is 218 g/mol. The molecule has 0 spiro atoms. The molecule has 1 aliphatic rings. The lowest BCUT2D eigenvalue weighted by Crippen LogP contribution is -2.30. The van der Waals surface area contributed by atoms with E-state index in [4.69, 9.17) is 5.11 Å². The number of hydrogen-bond acceptors (Lipinski definition) is 3. The van der Waals surface area contributed by atoms with Crippen LogP contribution < -0.4 is 0 Å². The highest BCUT2D eigenvalue weighted by molar-refractivity contribution is 5.67. The Morgan fingerprint density at radius 2 is 2.47 bits per heavy atom. The minimum absolute atomic E-state index is 0.192. The van der Waals surface area contributed by atoms with Crippen molar-refractivity contribution in [2.75, 3.05) is 6.54 Å². The summed E-state index contributed by atoms with van der Waals surface area (Å²) in [7, 11) is 0. The maximum Gasteiger partial charge on any atom is 0.304 e. The lowest BCUT2D eigenvalue weighted by atomic mass is 10.1. The van der Waals surface area contributed by atoms with E-state index >= 15 is 0 Å². The zero-order chi connectivity index (χ0) is 12.3. The molecule has 2 heterocycles. The highest BCUT2D eigenvalue weighted by atomic mass is 16.4. The van der Waals surface area contributed by atoms with Crippen molar-refractivity contribution in [1.82, 2.24) is 14.7 Å². The van der Waals surface area contributed by atoms with Crippen molar-refractivity contribution in [3.05, 3.63) is 18.0 Å². The second-order valence-electron chi connectivity index (χ2n) is 4.57. The summed E-state index contributed by atoms with van der Waals surface area (Å²) in [4.78, 5) is 13.0. The molecule has 1 aromatic rings. The standard InChI is InChI=1S/C12H19N3O2/c1-2-15-9-10(7-13-15)8-14-5-3-4-11(14)6-12(16)17/h7,9,11H,2-6,8H2,1H3,(H,16,17). The smallest absolute Gasteiger partial charge is 0.304 e. The molecule has 0 bridgehead atoms. The second-order valence-corrected chi connectivity index (χ2v) is 4.57. The van der Waals surface area contributed by atoms with Gasteiger partial charge in [-0.2, -0.15) is 5.10 Å². The van der Waals surface area contributed by atoms with E-state index < -0.39 is 5.97 Å². The number of carbonyl (C=O) groups is 1. The average Bonchev–Trinajstić information content (AvgIpc) is 2.89. The Balaban J connectivity index is 1.95. The van der Waals surface area contributed by atoms with Crippen molar-refractivity contribution in [3.8, 4) is 0 Å². The highest BCUT2D eigenvalue weighted by Crippen LogP contribution is 2.22. The Hall–Kier alpha value is -1.36. The van der Waals surface area contributed by atoms with Crippen LogP contribution in [-0.4, -0.2) is 38.3 Å². The number of aromatic nitrogens is 2. The third kappa shape index (κ3) is 3.06. The van der Waals surface area contributed by atoms with E-state index in [0.29, 0.717) is 0 Å². The van der Waals surface area contributed by atoms with Gasteiger partial charge >= 0.3 is 5.97 Å². The fourth-order valence-corrected chi connectivity index (χ4v) is 2.43. The van der Waals surface area contributed by atoms with Crippen LogP contribution in [0.4, 0.5) is 0 Å². The number of carboxylic acids is 1. The first-order valence-corrected chi connectivity index (χ1v) is 6.16. The van der Waals surface area contributed by atoms with Gasteiger partial charge < -0.3 is 5.11 Å². The van der Waals surface area contributed by atoms with Crippen molar-refractivity contribution >= 4 is 5.97 Å². The van der Waals surface area contributed by atoms with Gasteiger partial charge in [0.1, 0.15) is 0 Å². The summed E-state index contributed by atoms with van der Waals surface area (Å²) in [6.07, 6.45) is 6.26. The molecule has 1 fully saturated rings. The molecule has 1 aliphatic heterocycles. The van der Waals surface area contributed by atoms with Crippen molar-refractivity contribution in [2.45, 2.75) is 45.3 Å². The van der Waals surface area contributed by atoms with Gasteiger partial charge in [0.25, 0.3) is 0 Å². The molecule has 1 saturated heterocycles. The van der Waals surface area contributed by atoms with Crippen molar-refractivity contribution in [3.63, 3.8) is 0 Å². The summed E-state index contributed by atoms with van der Waals surface area (Å²) >= 11 is 0. The van der Waals surface area contributed by atoms with Gasteiger partial charge in [0, 0.05) is 30.9 Å². The third-order valence-electron chi connectivity index (χ3n) is 3.31. The number of nitrogens with zero attached hydrogens (tertiary/aromatic N) is 3. The maximum atomic E-state index is 10.8. The molecule has 0 aromatic carbocycles. The number of hydrogen-bond donors (Lipinski definition) is 1. The molecule has 0 amide bonds. The molecule has 1 atom stereocenters. The molecular formula is C12H19N3O2. The van der Waals surface area contributed by atoms with Crippen molar-refractivity contribution in [1.29, 1.82) is 0 Å². The van der Waals surface area contributed by atoms with E-state index in [1.54, 1.807) is 0 Å². The summed E-state index contributed by atoms with van der Waals surface area (Å²) < 4.78 is 1.90. The van der Waals surface area contributed by atoms with Gasteiger partial charge in [-0.15, -0.1) is 0 Å². The molecule has 0 radical (unpaired) electrons. The molecule has 2 rings (SSSR count). The van der Waals surface area contributed by atoms with Gasteiger partial charge in [0.2, 0.25) is 0 Å². The SMILES string of the molecule is CCn1cc(CN2CCCC2CC(=O)O)cn1. The van der Waals surface area contributed by atoms with Crippen LogP contribution in [-0.2, 0) is 17.9 Å². The highest BCUT2D eigenvalue weighted by Gasteiger charge is 2.26. The molecule has 1 unspecified atom stereocenters. The van der Waals surface area contributed by atoms with Crippen LogP contribution in [0, 0.1) is 0 Å². The monoisotopic (exact) mass is 237 g/mol. The Morgan fingerprint density at radius 3 is 3.12 bits per heavy atom. The maximum absolute atomic E-state index is 10.8. The fourth-order valence-electron chi connectivity index (χ4n) is 2.43. The number of carboxylic acid groups (broad SMARTS) is 1. The van der Waals surface area contributed by atoms with Crippen LogP contribution in [0.2, 0.25) is 0 Å². The summed E-state index contributed by atoms with van der Waals surface area (Å²) in [5, 5.41) is 13.1. The molecule has 0 saturated carbocycles. The van der Waals surface area contributed by atoms with E-state index in [0.717, 1.165) is 32.5 Å². The van der Waals surface area contributed by atoms with E-state index in [1.165, 1.54) is 5.56 Å². The molecule has 5 nitrogen and oxygen atoms in total. The van der Waals surface area contributed by atoms with Gasteiger partial charge in [0.15, 0.2) is 0 Å². The quantitative estimate of drug-likeness (QED) is 0.839. The first-order chi connectivity index (χ1) is 8.19. The van der Waals surface area contributed by atoms with Gasteiger partial charge in [-0.3, -0.25) is 14.4 Å². The third-order valence-corrected chi connectivity index (χ3v) is 3.31. The van der Waals surface area contributed by atoms with Crippen LogP contribution in [0.3, 0.4) is 0 Å². The minimum Gasteiger partial charge on any atom is -0.481 e. The molecule has 5 heteroatoms. The predicted octanol–water partition coefficient (Wildman–Crippen LogP) is 1.34. The first kappa shape index (κ1) is 12.1. The molecule has 17 heavy (non-hydrogen) atoms. The second kappa shape index (κ2) is 5.31. The fraction of sp³-hybridized carbons (Fsp3) is 0.667. The van der Waals surface area contributed by atoms with E-state index in [2.05, 4.69) is 16.9 Å². The summed E-state index contributed by atoms with van der Waals surface area (Å²) in [6, 6.07) is 0.192. The average molecular weight is 237 g/mol.